The van der Waals surface area contributed by atoms with E-state index in [4.69, 9.17) is 0 Å². The van der Waals surface area contributed by atoms with E-state index in [1.165, 1.54) is 15.9 Å². The van der Waals surface area contributed by atoms with Crippen LogP contribution in [0.2, 0.25) is 189 Å². The van der Waals surface area contributed by atoms with Gasteiger partial charge in [0.2, 0.25) is 0 Å². The first-order chi connectivity index (χ1) is 17.7. The highest BCUT2D eigenvalue weighted by atomic mass is 29.5. The molecule has 0 aromatic rings. The molecule has 0 unspecified atom stereocenters. The van der Waals surface area contributed by atoms with Gasteiger partial charge in [0.15, 0.2) is 0 Å². The lowest BCUT2D eigenvalue weighted by atomic mass is 11.6. The molecule has 250 valence electrons. The molecule has 0 radical (unpaired) electrons. The summed E-state index contributed by atoms with van der Waals surface area (Å²) in [4.78, 5) is 4.55. The van der Waals surface area contributed by atoms with Gasteiger partial charge >= 0.3 is 0 Å². The molecule has 0 spiro atoms. The number of hydrogen-bond donors (Lipinski definition) is 0. The van der Waals surface area contributed by atoms with Crippen molar-refractivity contribution in [1.82, 2.24) is 0 Å². The maximum absolute atomic E-state index is 3.10. The van der Waals surface area contributed by atoms with Crippen molar-refractivity contribution in [2.75, 3.05) is 0 Å². The largest absolute Gasteiger partial charge is 0.0915 e. The summed E-state index contributed by atoms with van der Waals surface area (Å²) >= 11 is 0. The van der Waals surface area contributed by atoms with Crippen LogP contribution in [-0.2, 0) is 0 Å². The standard InChI is InChI=1S/C30H82Si12/c1-33(2,3)27(34(4,5)6)41(25,28(35(7,8)9)36(10,11)12)31-32-42(26,29(37(13,14)15)38(16,17)18)30(39(19,20)21)40(22,23)24/h27-30H,1-26H3. The van der Waals surface area contributed by atoms with Crippen molar-refractivity contribution in [3.63, 3.8) is 0 Å². The van der Waals surface area contributed by atoms with Gasteiger partial charge in [0, 0.05) is 64.6 Å². The first kappa shape index (κ1) is 44.6. The summed E-state index contributed by atoms with van der Waals surface area (Å²) in [5.41, 5.74) is 0. The van der Waals surface area contributed by atoms with Crippen molar-refractivity contribution in [2.45, 2.75) is 189 Å². The molecule has 0 rings (SSSR count). The minimum atomic E-state index is -1.60. The fourth-order valence-electron chi connectivity index (χ4n) is 13.3. The Morgan fingerprint density at radius 3 is 0.381 bits per heavy atom. The van der Waals surface area contributed by atoms with Crippen molar-refractivity contribution in [2.24, 2.45) is 0 Å². The molecule has 0 aromatic carbocycles. The highest BCUT2D eigenvalue weighted by Crippen LogP contribution is 2.52. The molecule has 0 N–H and O–H groups in total. The zero-order chi connectivity index (χ0) is 34.7. The van der Waals surface area contributed by atoms with Gasteiger partial charge in [-0.05, 0) is 19.2 Å². The van der Waals surface area contributed by atoms with E-state index >= 15 is 0 Å². The molecule has 0 fully saturated rings. The smallest absolute Gasteiger partial charge is 0.0793 e. The molecule has 0 aliphatic heterocycles. The third-order valence-corrected chi connectivity index (χ3v) is 114. The van der Waals surface area contributed by atoms with Crippen LogP contribution in [0, 0.1) is 0 Å². The second kappa shape index (κ2) is 13.5. The van der Waals surface area contributed by atoms with Crippen LogP contribution in [0.1, 0.15) is 0 Å². The van der Waals surface area contributed by atoms with Crippen LogP contribution in [0.5, 0.6) is 0 Å². The fraction of sp³-hybridized carbons (Fsp3) is 1.00. The van der Waals surface area contributed by atoms with Crippen molar-refractivity contribution >= 4 is 95.6 Å². The summed E-state index contributed by atoms with van der Waals surface area (Å²) in [6.07, 6.45) is 0. The van der Waals surface area contributed by atoms with E-state index in [0.29, 0.717) is 0 Å². The molecule has 0 heterocycles. The van der Waals surface area contributed by atoms with E-state index in [1.54, 1.807) is 0 Å². The Bertz CT molecular complexity index is 771. The molecule has 0 amide bonds. The predicted molar refractivity (Wildman–Crippen MR) is 237 cm³/mol. The first-order valence-corrected chi connectivity index (χ1v) is 56.1. The minimum Gasteiger partial charge on any atom is -0.0793 e. The molecule has 0 saturated carbocycles. The normalized spacial score (nSPS) is 16.0. The highest BCUT2D eigenvalue weighted by Gasteiger charge is 2.61. The van der Waals surface area contributed by atoms with E-state index < -0.39 is 79.8 Å². The second-order valence-corrected chi connectivity index (χ2v) is 93.3. The molecule has 12 heteroatoms. The zero-order valence-electron chi connectivity index (χ0n) is 34.3. The predicted octanol–water partition coefficient (Wildman–Crippen LogP) is 12.0. The molecule has 0 bridgehead atoms. The minimum absolute atomic E-state index is 1.14. The van der Waals surface area contributed by atoms with Gasteiger partial charge in [-0.1, -0.05) is 186 Å². The molecule has 0 nitrogen and oxygen atoms in total. The SMILES string of the molecule is C[Si](C)(C)C([Si](C)(C)C)[Si](C)([Si]#[Si][Si](C)(C([Si](C)(C)C)[Si](C)(C)C)C([Si](C)(C)C)[Si](C)(C)C)C([Si](C)(C)C)[Si](C)(C)C. The lowest BCUT2D eigenvalue weighted by molar-refractivity contribution is 1.28. The van der Waals surface area contributed by atoms with Crippen molar-refractivity contribution in [1.29, 1.82) is 0 Å². The Balaban J connectivity index is 8.70. The molecular formula is C30H82Si12. The molecule has 42 heavy (non-hydrogen) atoms. The van der Waals surface area contributed by atoms with E-state index in [1.807, 2.05) is 0 Å². The quantitative estimate of drug-likeness (QED) is 0.173. The lowest BCUT2D eigenvalue weighted by Crippen LogP contribution is -2.71. The van der Waals surface area contributed by atoms with Crippen LogP contribution in [-0.4, -0.2) is 95.6 Å². The highest BCUT2D eigenvalue weighted by molar-refractivity contribution is 7.51. The number of hydrogen-bond acceptors (Lipinski definition) is 0. The second-order valence-electron chi connectivity index (χ2n) is 23.5. The average Bonchev–Trinajstić information content (AvgIpc) is 2.48. The summed E-state index contributed by atoms with van der Waals surface area (Å²) in [6.45, 7) is 73.8. The molecule has 0 atom stereocenters. The van der Waals surface area contributed by atoms with Crippen LogP contribution in [0.4, 0.5) is 0 Å². The van der Waals surface area contributed by atoms with Crippen LogP contribution < -0.4 is 0 Å². The number of rotatable bonds is 12. The Kier molecular flexibility index (Phi) is 14.3. The summed E-state index contributed by atoms with van der Waals surface area (Å²) in [6, 6.07) is 0. The van der Waals surface area contributed by atoms with E-state index in [0.717, 1.165) is 19.2 Å². The monoisotopic (exact) mass is 778 g/mol. The van der Waals surface area contributed by atoms with Crippen molar-refractivity contribution < 1.29 is 0 Å². The van der Waals surface area contributed by atoms with E-state index in [9.17, 15) is 0 Å². The third kappa shape index (κ3) is 11.1. The van der Waals surface area contributed by atoms with Crippen LogP contribution in [0.25, 0.3) is 0 Å². The summed E-state index contributed by atoms with van der Waals surface area (Å²) in [5, 5.41) is 0. The van der Waals surface area contributed by atoms with Gasteiger partial charge in [0.25, 0.3) is 0 Å². The molecule has 0 aliphatic carbocycles. The summed E-state index contributed by atoms with van der Waals surface area (Å²) in [7, 11) is -11.3. The van der Waals surface area contributed by atoms with Crippen LogP contribution in [0.15, 0.2) is 0 Å². The lowest BCUT2D eigenvalue weighted by Gasteiger charge is -2.58. The Labute approximate surface area is 282 Å². The molecule has 0 aliphatic rings. The Morgan fingerprint density at radius 2 is 0.310 bits per heavy atom. The topological polar surface area (TPSA) is 0 Å². The van der Waals surface area contributed by atoms with Crippen LogP contribution in [0.3, 0.4) is 0 Å². The molecule has 0 saturated heterocycles. The van der Waals surface area contributed by atoms with Gasteiger partial charge in [-0.2, -0.15) is 0 Å². The Hall–Kier alpha value is 2.60. The van der Waals surface area contributed by atoms with Crippen molar-refractivity contribution in [3.8, 4) is 0 Å². The van der Waals surface area contributed by atoms with Gasteiger partial charge in [0.05, 0.1) is 15.2 Å². The van der Waals surface area contributed by atoms with Gasteiger partial charge < -0.3 is 0 Å². The maximum atomic E-state index is 3.10. The average molecular weight is 780 g/mol. The van der Waals surface area contributed by atoms with E-state index in [2.05, 4.69) is 170 Å². The van der Waals surface area contributed by atoms with Gasteiger partial charge in [0.1, 0.15) is 0 Å². The van der Waals surface area contributed by atoms with E-state index in [-0.39, 0.29) is 0 Å². The van der Waals surface area contributed by atoms with Crippen molar-refractivity contribution in [3.05, 3.63) is 0 Å². The Morgan fingerprint density at radius 1 is 0.214 bits per heavy atom. The van der Waals surface area contributed by atoms with Crippen LogP contribution >= 0.6 is 0 Å². The van der Waals surface area contributed by atoms with Gasteiger partial charge in [-0.25, -0.2) is 0 Å². The molecule has 0 aromatic heterocycles. The third-order valence-electron chi connectivity index (χ3n) is 9.93. The molecular weight excluding hydrogens is 697 g/mol. The summed E-state index contributed by atoms with van der Waals surface area (Å²) < 4.78 is 0. The van der Waals surface area contributed by atoms with Gasteiger partial charge in [-0.3, -0.25) is 0 Å². The fourth-order valence-corrected chi connectivity index (χ4v) is 197. The van der Waals surface area contributed by atoms with Gasteiger partial charge in [-0.15, -0.1) is 0 Å². The first-order valence-electron chi connectivity index (χ1n) is 17.2. The zero-order valence-corrected chi connectivity index (χ0v) is 46.3. The summed E-state index contributed by atoms with van der Waals surface area (Å²) in [5.74, 6) is 0. The maximum Gasteiger partial charge on any atom is 0.0915 e.